The van der Waals surface area contributed by atoms with E-state index in [-0.39, 0.29) is 36.2 Å². The monoisotopic (exact) mass is 404 g/mol. The minimum Gasteiger partial charge on any atom is -0.388 e. The Morgan fingerprint density at radius 3 is 2.34 bits per heavy atom. The van der Waals surface area contributed by atoms with Gasteiger partial charge in [0.2, 0.25) is 11.8 Å². The normalized spacial score (nSPS) is 24.0. The molecular formula is C19H21FN4O5. The van der Waals surface area contributed by atoms with E-state index < -0.39 is 41.1 Å². The molecule has 154 valence electrons. The second-order valence-electron chi connectivity index (χ2n) is 7.71. The van der Waals surface area contributed by atoms with Gasteiger partial charge in [-0.1, -0.05) is 0 Å². The van der Waals surface area contributed by atoms with Gasteiger partial charge >= 0.3 is 0 Å². The molecule has 0 bridgehead atoms. The number of hydrogen-bond donors (Lipinski definition) is 3. The lowest BCUT2D eigenvalue weighted by Crippen LogP contribution is -2.54. The van der Waals surface area contributed by atoms with E-state index in [0.717, 1.165) is 11.0 Å². The number of anilines is 1. The molecule has 2 saturated heterocycles. The van der Waals surface area contributed by atoms with Gasteiger partial charge in [0, 0.05) is 26.1 Å². The molecule has 4 rings (SSSR count). The summed E-state index contributed by atoms with van der Waals surface area (Å²) in [6.07, 6.45) is 0.765. The molecule has 10 heteroatoms. The van der Waals surface area contributed by atoms with Gasteiger partial charge in [-0.2, -0.15) is 0 Å². The van der Waals surface area contributed by atoms with Gasteiger partial charge in [-0.3, -0.25) is 29.4 Å². The zero-order valence-electron chi connectivity index (χ0n) is 15.6. The number of nitrogens with two attached hydrogens (primary N) is 1. The van der Waals surface area contributed by atoms with Crippen LogP contribution in [0.25, 0.3) is 0 Å². The maximum Gasteiger partial charge on any atom is 0.262 e. The number of carbonyl (C=O) groups excluding carboxylic acids is 4. The van der Waals surface area contributed by atoms with Crippen molar-refractivity contribution in [1.82, 2.24) is 10.2 Å². The van der Waals surface area contributed by atoms with E-state index in [1.54, 1.807) is 4.90 Å². The van der Waals surface area contributed by atoms with Crippen LogP contribution in [0.4, 0.5) is 10.1 Å². The Balaban J connectivity index is 1.62. The van der Waals surface area contributed by atoms with E-state index in [1.807, 2.05) is 0 Å². The van der Waals surface area contributed by atoms with E-state index >= 15 is 0 Å². The third kappa shape index (κ3) is 3.18. The molecule has 3 heterocycles. The summed E-state index contributed by atoms with van der Waals surface area (Å²) in [6, 6.07) is 1.24. The lowest BCUT2D eigenvalue weighted by molar-refractivity contribution is -0.136. The van der Waals surface area contributed by atoms with Gasteiger partial charge < -0.3 is 15.7 Å². The molecule has 3 aliphatic heterocycles. The first-order valence-corrected chi connectivity index (χ1v) is 9.46. The van der Waals surface area contributed by atoms with Crippen molar-refractivity contribution in [2.75, 3.05) is 24.5 Å². The molecule has 0 radical (unpaired) electrons. The highest BCUT2D eigenvalue weighted by Gasteiger charge is 2.45. The molecule has 9 nitrogen and oxygen atoms in total. The van der Waals surface area contributed by atoms with Gasteiger partial charge in [-0.05, 0) is 31.4 Å². The summed E-state index contributed by atoms with van der Waals surface area (Å²) in [4.78, 5) is 51.5. The number of aliphatic hydroxyl groups is 1. The maximum absolute atomic E-state index is 14.8. The summed E-state index contributed by atoms with van der Waals surface area (Å²) >= 11 is 0. The minimum atomic E-state index is -1.10. The lowest BCUT2D eigenvalue weighted by atomic mass is 9.91. The van der Waals surface area contributed by atoms with Crippen LogP contribution in [0.1, 0.15) is 46.4 Å². The van der Waals surface area contributed by atoms with E-state index in [0.29, 0.717) is 25.9 Å². The first-order chi connectivity index (χ1) is 13.7. The number of fused-ring (bicyclic) bond motifs is 1. The predicted octanol–water partition coefficient (Wildman–Crippen LogP) is -0.483. The molecule has 0 spiro atoms. The Bertz CT molecular complexity index is 925. The topological polar surface area (TPSA) is 133 Å². The van der Waals surface area contributed by atoms with Crippen LogP contribution >= 0.6 is 0 Å². The van der Waals surface area contributed by atoms with Crippen LogP contribution in [0.5, 0.6) is 0 Å². The van der Waals surface area contributed by atoms with Crippen LogP contribution in [0, 0.1) is 5.82 Å². The molecule has 3 aliphatic rings. The zero-order valence-corrected chi connectivity index (χ0v) is 15.6. The van der Waals surface area contributed by atoms with Crippen molar-refractivity contribution in [3.05, 3.63) is 29.1 Å². The number of carbonyl (C=O) groups is 4. The van der Waals surface area contributed by atoms with Gasteiger partial charge in [-0.15, -0.1) is 0 Å². The Hall–Kier alpha value is -2.85. The molecule has 4 amide bonds. The van der Waals surface area contributed by atoms with Crippen LogP contribution in [-0.2, 0) is 9.59 Å². The third-order valence-corrected chi connectivity index (χ3v) is 5.92. The largest absolute Gasteiger partial charge is 0.388 e. The quantitative estimate of drug-likeness (QED) is 0.580. The Morgan fingerprint density at radius 1 is 1.14 bits per heavy atom. The lowest BCUT2D eigenvalue weighted by Gasteiger charge is -2.38. The summed E-state index contributed by atoms with van der Waals surface area (Å²) in [5.74, 6) is -3.27. The number of nitrogens with one attached hydrogen (secondary N) is 1. The summed E-state index contributed by atoms with van der Waals surface area (Å²) in [6.45, 7) is 0.812. The van der Waals surface area contributed by atoms with Crippen molar-refractivity contribution in [2.45, 2.75) is 37.3 Å². The molecular weight excluding hydrogens is 383 g/mol. The minimum absolute atomic E-state index is 0.0151. The number of nitrogens with zero attached hydrogens (tertiary/aromatic N) is 2. The molecule has 29 heavy (non-hydrogen) atoms. The zero-order chi connectivity index (χ0) is 20.9. The Morgan fingerprint density at radius 2 is 1.76 bits per heavy atom. The van der Waals surface area contributed by atoms with Crippen molar-refractivity contribution < 1.29 is 28.7 Å². The molecule has 1 aromatic carbocycles. The first-order valence-electron chi connectivity index (χ1n) is 9.46. The fourth-order valence-corrected chi connectivity index (χ4v) is 4.09. The van der Waals surface area contributed by atoms with Gasteiger partial charge in [-0.25, -0.2) is 4.39 Å². The van der Waals surface area contributed by atoms with E-state index in [9.17, 15) is 28.7 Å². The van der Waals surface area contributed by atoms with Gasteiger partial charge in [0.25, 0.3) is 11.8 Å². The molecule has 1 unspecified atom stereocenters. The van der Waals surface area contributed by atoms with Crippen molar-refractivity contribution >= 4 is 29.3 Å². The Kier molecular flexibility index (Phi) is 4.62. The van der Waals surface area contributed by atoms with Crippen LogP contribution in [0.3, 0.4) is 0 Å². The average Bonchev–Trinajstić information content (AvgIpc) is 2.92. The van der Waals surface area contributed by atoms with Crippen molar-refractivity contribution in [1.29, 1.82) is 0 Å². The van der Waals surface area contributed by atoms with Crippen LogP contribution in [0.15, 0.2) is 12.1 Å². The average molecular weight is 404 g/mol. The molecule has 1 atom stereocenters. The molecule has 0 aliphatic carbocycles. The highest BCUT2D eigenvalue weighted by molar-refractivity contribution is 6.23. The summed E-state index contributed by atoms with van der Waals surface area (Å²) < 4.78 is 14.8. The molecule has 1 aromatic rings. The van der Waals surface area contributed by atoms with E-state index in [2.05, 4.69) is 5.32 Å². The second-order valence-corrected chi connectivity index (χ2v) is 7.71. The number of amides is 4. The molecule has 0 saturated carbocycles. The number of piperidine rings is 2. The summed E-state index contributed by atoms with van der Waals surface area (Å²) in [5, 5.41) is 12.4. The first kappa shape index (κ1) is 19.5. The summed E-state index contributed by atoms with van der Waals surface area (Å²) in [5.41, 5.74) is 4.68. The Labute approximate surface area is 165 Å². The van der Waals surface area contributed by atoms with Crippen molar-refractivity contribution in [2.24, 2.45) is 5.73 Å². The fraction of sp³-hybridized carbons (Fsp3) is 0.474. The van der Waals surface area contributed by atoms with Gasteiger partial charge in [0.1, 0.15) is 11.9 Å². The van der Waals surface area contributed by atoms with Gasteiger partial charge in [0.15, 0.2) is 0 Å². The third-order valence-electron chi connectivity index (χ3n) is 5.92. The van der Waals surface area contributed by atoms with E-state index in [1.165, 1.54) is 6.07 Å². The number of hydrogen-bond acceptors (Lipinski definition) is 7. The van der Waals surface area contributed by atoms with Crippen molar-refractivity contribution in [3.63, 3.8) is 0 Å². The number of rotatable bonds is 3. The molecule has 2 fully saturated rings. The van der Waals surface area contributed by atoms with Crippen molar-refractivity contribution in [3.8, 4) is 0 Å². The molecule has 0 aromatic heterocycles. The smallest absolute Gasteiger partial charge is 0.262 e. The number of benzene rings is 1. The van der Waals surface area contributed by atoms with Gasteiger partial charge in [0.05, 0.1) is 22.4 Å². The van der Waals surface area contributed by atoms with Crippen LogP contribution in [0.2, 0.25) is 0 Å². The number of halogens is 1. The predicted molar refractivity (Wildman–Crippen MR) is 98.5 cm³/mol. The fourth-order valence-electron chi connectivity index (χ4n) is 4.09. The highest BCUT2D eigenvalue weighted by atomic mass is 19.1. The van der Waals surface area contributed by atoms with Crippen LogP contribution < -0.4 is 16.0 Å². The second kappa shape index (κ2) is 6.89. The summed E-state index contributed by atoms with van der Waals surface area (Å²) in [7, 11) is 0. The highest BCUT2D eigenvalue weighted by Crippen LogP contribution is 2.34. The van der Waals surface area contributed by atoms with Crippen LogP contribution in [-0.4, -0.2) is 64.9 Å². The SMILES string of the molecule is NCC1(O)CCN(c2cc3c(cc2F)C(=O)N(C2CCC(=O)NC2=O)C3=O)CC1. The maximum atomic E-state index is 14.8. The van der Waals surface area contributed by atoms with E-state index in [4.69, 9.17) is 5.73 Å². The molecule has 4 N–H and O–H groups in total. The standard InChI is InChI=1S/C19H21FN4O5/c20-12-7-10-11(8-14(12)23-5-3-19(29,9-21)4-6-23)18(28)24(17(10)27)13-1-2-15(25)22-16(13)26/h7-8,13,29H,1-6,9,21H2,(H,22,25,26). The number of imide groups is 2.